The lowest BCUT2D eigenvalue weighted by Crippen LogP contribution is -2.25. The van der Waals surface area contributed by atoms with Gasteiger partial charge >= 0.3 is 0 Å². The van der Waals surface area contributed by atoms with Crippen LogP contribution in [0.3, 0.4) is 0 Å². The molecule has 2 aromatic carbocycles. The van der Waals surface area contributed by atoms with Crippen LogP contribution in [-0.2, 0) is 6.54 Å². The molecular weight excluding hydrogens is 340 g/mol. The van der Waals surface area contributed by atoms with Crippen LogP contribution in [0.15, 0.2) is 48.5 Å². The van der Waals surface area contributed by atoms with Crippen molar-refractivity contribution in [1.82, 2.24) is 9.55 Å². The third-order valence-electron chi connectivity index (χ3n) is 4.83. The van der Waals surface area contributed by atoms with Gasteiger partial charge in [0, 0.05) is 5.92 Å². The first kappa shape index (κ1) is 19.1. The standard InChI is InChI=1S/C22H26N2O3/c1-4-15(2)22-23-19-10-6-7-11-20(19)24(22)13-17(26)14-27-21-12-8-5-9-18(21)16(3)25/h5-12,15,17,26H,4,13-14H2,1-3H3. The molecule has 142 valence electrons. The Labute approximate surface area is 159 Å². The van der Waals surface area contributed by atoms with Gasteiger partial charge in [0.15, 0.2) is 5.78 Å². The molecule has 1 aromatic heterocycles. The first-order valence-electron chi connectivity index (χ1n) is 9.37. The summed E-state index contributed by atoms with van der Waals surface area (Å²) < 4.78 is 7.82. The Kier molecular flexibility index (Phi) is 5.91. The number of benzene rings is 2. The van der Waals surface area contributed by atoms with Crippen LogP contribution < -0.4 is 4.74 Å². The van der Waals surface area contributed by atoms with E-state index in [1.807, 2.05) is 30.3 Å². The Bertz CT molecular complexity index is 932. The van der Waals surface area contributed by atoms with E-state index in [1.54, 1.807) is 18.2 Å². The maximum Gasteiger partial charge on any atom is 0.163 e. The molecule has 0 spiro atoms. The van der Waals surface area contributed by atoms with Crippen LogP contribution in [0.4, 0.5) is 0 Å². The number of aliphatic hydroxyl groups is 1. The second-order valence-electron chi connectivity index (χ2n) is 6.90. The summed E-state index contributed by atoms with van der Waals surface area (Å²) in [5.41, 5.74) is 2.47. The minimum Gasteiger partial charge on any atom is -0.490 e. The van der Waals surface area contributed by atoms with Crippen molar-refractivity contribution in [3.8, 4) is 5.75 Å². The predicted molar refractivity (Wildman–Crippen MR) is 106 cm³/mol. The van der Waals surface area contributed by atoms with Crippen LogP contribution in [0.2, 0.25) is 0 Å². The Hall–Kier alpha value is -2.66. The number of carbonyl (C=O) groups is 1. The van der Waals surface area contributed by atoms with E-state index >= 15 is 0 Å². The summed E-state index contributed by atoms with van der Waals surface area (Å²) in [5, 5.41) is 10.6. The largest absolute Gasteiger partial charge is 0.490 e. The fourth-order valence-corrected chi connectivity index (χ4v) is 3.18. The highest BCUT2D eigenvalue weighted by atomic mass is 16.5. The molecule has 0 aliphatic carbocycles. The molecule has 2 unspecified atom stereocenters. The summed E-state index contributed by atoms with van der Waals surface area (Å²) in [5.74, 6) is 1.72. The number of rotatable bonds is 8. The highest BCUT2D eigenvalue weighted by molar-refractivity contribution is 5.96. The molecule has 0 radical (unpaired) electrons. The third kappa shape index (κ3) is 4.19. The quantitative estimate of drug-likeness (QED) is 0.607. The van der Waals surface area contributed by atoms with Gasteiger partial charge in [-0.1, -0.05) is 38.1 Å². The van der Waals surface area contributed by atoms with E-state index in [1.165, 1.54) is 6.92 Å². The molecule has 0 saturated heterocycles. The lowest BCUT2D eigenvalue weighted by Gasteiger charge is -2.18. The first-order chi connectivity index (χ1) is 13.0. The Morgan fingerprint density at radius 2 is 1.89 bits per heavy atom. The molecule has 0 aliphatic heterocycles. The number of Topliss-reactive ketones (excluding diaryl/α,β-unsaturated/α-hetero) is 1. The molecule has 27 heavy (non-hydrogen) atoms. The summed E-state index contributed by atoms with van der Waals surface area (Å²) in [6, 6.07) is 15.1. The topological polar surface area (TPSA) is 64.3 Å². The fourth-order valence-electron chi connectivity index (χ4n) is 3.18. The first-order valence-corrected chi connectivity index (χ1v) is 9.37. The fraction of sp³-hybridized carbons (Fsp3) is 0.364. The predicted octanol–water partition coefficient (Wildman–Crippen LogP) is 4.19. The summed E-state index contributed by atoms with van der Waals surface area (Å²) in [7, 11) is 0. The number of para-hydroxylation sites is 3. The number of imidazole rings is 1. The van der Waals surface area contributed by atoms with Gasteiger partial charge in [-0.05, 0) is 37.6 Å². The van der Waals surface area contributed by atoms with Crippen LogP contribution in [0, 0.1) is 0 Å². The number of aliphatic hydroxyl groups excluding tert-OH is 1. The summed E-state index contributed by atoms with van der Waals surface area (Å²) in [4.78, 5) is 16.5. The second-order valence-corrected chi connectivity index (χ2v) is 6.90. The van der Waals surface area contributed by atoms with E-state index in [9.17, 15) is 9.90 Å². The van der Waals surface area contributed by atoms with Crippen LogP contribution in [0.25, 0.3) is 11.0 Å². The lowest BCUT2D eigenvalue weighted by molar-refractivity contribution is 0.0896. The van der Waals surface area contributed by atoms with Crippen molar-refractivity contribution in [1.29, 1.82) is 0 Å². The number of carbonyl (C=O) groups excluding carboxylic acids is 1. The molecule has 5 heteroatoms. The number of hydrogen-bond donors (Lipinski definition) is 1. The molecule has 3 aromatic rings. The molecule has 0 saturated carbocycles. The Morgan fingerprint density at radius 3 is 2.63 bits per heavy atom. The zero-order valence-electron chi connectivity index (χ0n) is 16.1. The molecular formula is C22H26N2O3. The van der Waals surface area contributed by atoms with Gasteiger partial charge in [0.25, 0.3) is 0 Å². The van der Waals surface area contributed by atoms with Crippen molar-refractivity contribution in [3.63, 3.8) is 0 Å². The minimum absolute atomic E-state index is 0.0558. The molecule has 3 rings (SSSR count). The van der Waals surface area contributed by atoms with Gasteiger partial charge in [0.05, 0.1) is 23.1 Å². The van der Waals surface area contributed by atoms with Crippen LogP contribution in [0.1, 0.15) is 49.3 Å². The number of aromatic nitrogens is 2. The summed E-state index contributed by atoms with van der Waals surface area (Å²) >= 11 is 0. The molecule has 1 heterocycles. The van der Waals surface area contributed by atoms with Crippen molar-refractivity contribution in [2.45, 2.75) is 45.8 Å². The van der Waals surface area contributed by atoms with Gasteiger partial charge in [0.1, 0.15) is 24.3 Å². The highest BCUT2D eigenvalue weighted by Crippen LogP contribution is 2.25. The van der Waals surface area contributed by atoms with Gasteiger partial charge in [0.2, 0.25) is 0 Å². The van der Waals surface area contributed by atoms with Gasteiger partial charge in [-0.15, -0.1) is 0 Å². The molecule has 1 N–H and O–H groups in total. The second kappa shape index (κ2) is 8.35. The van der Waals surface area contributed by atoms with Crippen molar-refractivity contribution < 1.29 is 14.6 Å². The molecule has 0 amide bonds. The normalized spacial score (nSPS) is 13.5. The number of nitrogens with zero attached hydrogens (tertiary/aromatic N) is 2. The van der Waals surface area contributed by atoms with Crippen LogP contribution in [-0.4, -0.2) is 33.2 Å². The van der Waals surface area contributed by atoms with Crippen molar-refractivity contribution in [2.24, 2.45) is 0 Å². The van der Waals surface area contributed by atoms with E-state index in [0.717, 1.165) is 23.3 Å². The maximum absolute atomic E-state index is 11.7. The molecule has 2 atom stereocenters. The van der Waals surface area contributed by atoms with Gasteiger partial charge < -0.3 is 14.4 Å². The maximum atomic E-state index is 11.7. The number of fused-ring (bicyclic) bond motifs is 1. The van der Waals surface area contributed by atoms with Gasteiger partial charge in [-0.25, -0.2) is 4.98 Å². The van der Waals surface area contributed by atoms with E-state index in [2.05, 4.69) is 18.4 Å². The van der Waals surface area contributed by atoms with Gasteiger partial charge in [-0.2, -0.15) is 0 Å². The number of ether oxygens (including phenoxy) is 1. The van der Waals surface area contributed by atoms with Crippen molar-refractivity contribution >= 4 is 16.8 Å². The number of hydrogen-bond acceptors (Lipinski definition) is 4. The number of ketones is 1. The summed E-state index contributed by atoms with van der Waals surface area (Å²) in [6.45, 7) is 6.28. The monoisotopic (exact) mass is 366 g/mol. The molecule has 0 bridgehead atoms. The van der Waals surface area contributed by atoms with Gasteiger partial charge in [-0.3, -0.25) is 4.79 Å². The van der Waals surface area contributed by atoms with Crippen LogP contribution in [0.5, 0.6) is 5.75 Å². The summed E-state index contributed by atoms with van der Waals surface area (Å²) in [6.07, 6.45) is 0.257. The van der Waals surface area contributed by atoms with Crippen LogP contribution >= 0.6 is 0 Å². The van der Waals surface area contributed by atoms with E-state index in [4.69, 9.17) is 9.72 Å². The SMILES string of the molecule is CCC(C)c1nc2ccccc2n1CC(O)COc1ccccc1C(C)=O. The molecule has 5 nitrogen and oxygen atoms in total. The molecule has 0 aliphatic rings. The highest BCUT2D eigenvalue weighted by Gasteiger charge is 2.18. The van der Waals surface area contributed by atoms with Crippen molar-refractivity contribution in [3.05, 3.63) is 59.9 Å². The van der Waals surface area contributed by atoms with Crippen molar-refractivity contribution in [2.75, 3.05) is 6.61 Å². The Balaban J connectivity index is 1.78. The van der Waals surface area contributed by atoms with E-state index < -0.39 is 6.10 Å². The zero-order valence-corrected chi connectivity index (χ0v) is 16.1. The van der Waals surface area contributed by atoms with E-state index in [0.29, 0.717) is 23.8 Å². The Morgan fingerprint density at radius 1 is 1.19 bits per heavy atom. The third-order valence-corrected chi connectivity index (χ3v) is 4.83. The van der Waals surface area contributed by atoms with E-state index in [-0.39, 0.29) is 12.4 Å². The average Bonchev–Trinajstić information content (AvgIpc) is 3.04. The smallest absolute Gasteiger partial charge is 0.163 e. The zero-order chi connectivity index (χ0) is 19.4. The molecule has 0 fully saturated rings. The minimum atomic E-state index is -0.717. The average molecular weight is 366 g/mol. The lowest BCUT2D eigenvalue weighted by atomic mass is 10.1.